The van der Waals surface area contributed by atoms with Crippen LogP contribution in [0.1, 0.15) is 19.4 Å². The quantitative estimate of drug-likeness (QED) is 0.753. The Bertz CT molecular complexity index is 421. The number of hydrogen-bond acceptors (Lipinski definition) is 2. The van der Waals surface area contributed by atoms with Crippen molar-refractivity contribution in [2.45, 2.75) is 19.3 Å². The predicted octanol–water partition coefficient (Wildman–Crippen LogP) is 2.77. The number of rotatable bonds is 2. The smallest absolute Gasteiger partial charge is 0.172 e. The van der Waals surface area contributed by atoms with Crippen molar-refractivity contribution in [3.63, 3.8) is 0 Å². The van der Waals surface area contributed by atoms with E-state index in [1.54, 1.807) is 0 Å². The van der Waals surface area contributed by atoms with Crippen molar-refractivity contribution in [1.82, 2.24) is 0 Å². The first kappa shape index (κ1) is 11.4. The molecule has 0 radical (unpaired) electrons. The van der Waals surface area contributed by atoms with Crippen LogP contribution in [0.4, 0.5) is 8.78 Å². The fraction of sp³-hybridized carbons (Fsp3) is 0.364. The van der Waals surface area contributed by atoms with Crippen molar-refractivity contribution in [1.29, 1.82) is 5.26 Å². The van der Waals surface area contributed by atoms with E-state index in [0.29, 0.717) is 0 Å². The Morgan fingerprint density at radius 3 is 2.40 bits per heavy atom. The maximum Gasteiger partial charge on any atom is 0.172 e. The van der Waals surface area contributed by atoms with E-state index in [1.165, 1.54) is 27.0 Å². The van der Waals surface area contributed by atoms with Gasteiger partial charge in [0.25, 0.3) is 0 Å². The van der Waals surface area contributed by atoms with Crippen LogP contribution in [0.2, 0.25) is 0 Å². The van der Waals surface area contributed by atoms with Crippen molar-refractivity contribution in [2.24, 2.45) is 0 Å². The van der Waals surface area contributed by atoms with Gasteiger partial charge in [-0.25, -0.2) is 8.78 Å². The SMILES string of the molecule is COc1ccc(F)c(C(C)(C)C#N)c1F. The molecule has 0 saturated carbocycles. The molecule has 0 N–H and O–H groups in total. The molecule has 0 amide bonds. The highest BCUT2D eigenvalue weighted by Gasteiger charge is 2.29. The molecule has 80 valence electrons. The summed E-state index contributed by atoms with van der Waals surface area (Å²) < 4.78 is 31.8. The Labute approximate surface area is 87.1 Å². The number of ether oxygens (including phenoxy) is 1. The Hall–Kier alpha value is -1.63. The molecular formula is C11H11F2NO. The van der Waals surface area contributed by atoms with Crippen molar-refractivity contribution in [3.8, 4) is 11.8 Å². The normalized spacial score (nSPS) is 10.9. The van der Waals surface area contributed by atoms with E-state index >= 15 is 0 Å². The van der Waals surface area contributed by atoms with Crippen LogP contribution in [0.15, 0.2) is 12.1 Å². The third-order valence-electron chi connectivity index (χ3n) is 2.18. The number of hydrogen-bond donors (Lipinski definition) is 0. The average molecular weight is 211 g/mol. The molecule has 1 aromatic rings. The first-order valence-corrected chi connectivity index (χ1v) is 4.37. The molecule has 0 unspecified atom stereocenters. The second-order valence-corrected chi connectivity index (χ2v) is 3.68. The second kappa shape index (κ2) is 3.85. The van der Waals surface area contributed by atoms with Crippen molar-refractivity contribution >= 4 is 0 Å². The Morgan fingerprint density at radius 1 is 1.33 bits per heavy atom. The highest BCUT2D eigenvalue weighted by Crippen LogP contribution is 2.32. The van der Waals surface area contributed by atoms with Crippen LogP contribution in [-0.4, -0.2) is 7.11 Å². The molecule has 0 fully saturated rings. The number of methoxy groups -OCH3 is 1. The molecule has 0 aliphatic rings. The van der Waals surface area contributed by atoms with Gasteiger partial charge >= 0.3 is 0 Å². The summed E-state index contributed by atoms with van der Waals surface area (Å²) >= 11 is 0. The molecule has 0 aromatic heterocycles. The molecule has 0 bridgehead atoms. The molecule has 0 heterocycles. The van der Waals surface area contributed by atoms with Crippen LogP contribution in [0.3, 0.4) is 0 Å². The monoisotopic (exact) mass is 211 g/mol. The second-order valence-electron chi connectivity index (χ2n) is 3.68. The number of nitriles is 1. The summed E-state index contributed by atoms with van der Waals surface area (Å²) in [6, 6.07) is 4.14. The lowest BCUT2D eigenvalue weighted by Crippen LogP contribution is -2.18. The van der Waals surface area contributed by atoms with Crippen LogP contribution in [0, 0.1) is 23.0 Å². The predicted molar refractivity (Wildman–Crippen MR) is 51.5 cm³/mol. The van der Waals surface area contributed by atoms with E-state index in [4.69, 9.17) is 10.00 Å². The first-order chi connectivity index (χ1) is 6.94. The van der Waals surface area contributed by atoms with Gasteiger partial charge in [-0.15, -0.1) is 0 Å². The van der Waals surface area contributed by atoms with Crippen molar-refractivity contribution in [3.05, 3.63) is 29.3 Å². The van der Waals surface area contributed by atoms with E-state index in [2.05, 4.69) is 0 Å². The van der Waals surface area contributed by atoms with E-state index < -0.39 is 17.0 Å². The van der Waals surface area contributed by atoms with E-state index in [0.717, 1.165) is 6.07 Å². The summed E-state index contributed by atoms with van der Waals surface area (Å²) in [6.07, 6.45) is 0. The molecular weight excluding hydrogens is 200 g/mol. The summed E-state index contributed by atoms with van der Waals surface area (Å²) in [7, 11) is 1.29. The van der Waals surface area contributed by atoms with Crippen LogP contribution >= 0.6 is 0 Å². The molecule has 0 saturated heterocycles. The van der Waals surface area contributed by atoms with Gasteiger partial charge in [-0.3, -0.25) is 0 Å². The minimum absolute atomic E-state index is 0.0604. The Balaban J connectivity index is 3.48. The largest absolute Gasteiger partial charge is 0.494 e. The topological polar surface area (TPSA) is 33.0 Å². The molecule has 0 atom stereocenters. The summed E-state index contributed by atoms with van der Waals surface area (Å²) in [5, 5.41) is 8.84. The molecule has 1 rings (SSSR count). The zero-order valence-electron chi connectivity index (χ0n) is 8.77. The molecule has 4 heteroatoms. The minimum Gasteiger partial charge on any atom is -0.494 e. The van der Waals surface area contributed by atoms with Crippen molar-refractivity contribution < 1.29 is 13.5 Å². The van der Waals surface area contributed by atoms with Gasteiger partial charge in [-0.05, 0) is 26.0 Å². The van der Waals surface area contributed by atoms with Crippen molar-refractivity contribution in [2.75, 3.05) is 7.11 Å². The summed E-state index contributed by atoms with van der Waals surface area (Å²) in [5.41, 5.74) is -1.48. The average Bonchev–Trinajstić information content (AvgIpc) is 2.18. The lowest BCUT2D eigenvalue weighted by molar-refractivity contribution is 0.375. The molecule has 0 aliphatic carbocycles. The van der Waals surface area contributed by atoms with Crippen LogP contribution in [-0.2, 0) is 5.41 Å². The molecule has 1 aromatic carbocycles. The van der Waals surface area contributed by atoms with E-state index in [1.807, 2.05) is 6.07 Å². The minimum atomic E-state index is -1.22. The number of benzene rings is 1. The summed E-state index contributed by atoms with van der Waals surface area (Å²) in [6.45, 7) is 2.90. The van der Waals surface area contributed by atoms with Gasteiger partial charge in [0.05, 0.1) is 18.6 Å². The standard InChI is InChI=1S/C11H11F2NO/c1-11(2,6-14)9-7(12)4-5-8(15-3)10(9)13/h4-5H,1-3H3. The fourth-order valence-corrected chi connectivity index (χ4v) is 1.32. The van der Waals surface area contributed by atoms with E-state index in [-0.39, 0.29) is 11.3 Å². The number of nitrogens with zero attached hydrogens (tertiary/aromatic N) is 1. The Kier molecular flexibility index (Phi) is 2.94. The van der Waals surface area contributed by atoms with Gasteiger partial charge in [0, 0.05) is 5.56 Å². The Morgan fingerprint density at radius 2 is 1.93 bits per heavy atom. The van der Waals surface area contributed by atoms with Gasteiger partial charge in [0.2, 0.25) is 0 Å². The maximum absolute atomic E-state index is 13.7. The maximum atomic E-state index is 13.7. The fourth-order valence-electron chi connectivity index (χ4n) is 1.32. The lowest BCUT2D eigenvalue weighted by atomic mass is 9.85. The molecule has 0 spiro atoms. The van der Waals surface area contributed by atoms with Gasteiger partial charge in [-0.1, -0.05) is 0 Å². The molecule has 2 nitrogen and oxygen atoms in total. The lowest BCUT2D eigenvalue weighted by Gasteiger charge is -2.18. The number of halogens is 2. The zero-order chi connectivity index (χ0) is 11.6. The third-order valence-corrected chi connectivity index (χ3v) is 2.18. The molecule has 15 heavy (non-hydrogen) atoms. The van der Waals surface area contributed by atoms with E-state index in [9.17, 15) is 8.78 Å². The third kappa shape index (κ3) is 1.91. The highest BCUT2D eigenvalue weighted by molar-refractivity contribution is 5.39. The summed E-state index contributed by atoms with van der Waals surface area (Å²) in [5.74, 6) is -1.61. The highest BCUT2D eigenvalue weighted by atomic mass is 19.1. The van der Waals surface area contributed by atoms with Crippen LogP contribution in [0.25, 0.3) is 0 Å². The van der Waals surface area contributed by atoms with Gasteiger partial charge in [-0.2, -0.15) is 5.26 Å². The van der Waals surface area contributed by atoms with Gasteiger partial charge in [0.1, 0.15) is 5.82 Å². The zero-order valence-corrected chi connectivity index (χ0v) is 8.77. The van der Waals surface area contributed by atoms with Gasteiger partial charge in [0.15, 0.2) is 11.6 Å². The summed E-state index contributed by atoms with van der Waals surface area (Å²) in [4.78, 5) is 0. The van der Waals surface area contributed by atoms with Crippen LogP contribution < -0.4 is 4.74 Å². The molecule has 0 aliphatic heterocycles. The van der Waals surface area contributed by atoms with Crippen LogP contribution in [0.5, 0.6) is 5.75 Å². The first-order valence-electron chi connectivity index (χ1n) is 4.37. The van der Waals surface area contributed by atoms with Gasteiger partial charge < -0.3 is 4.74 Å².